The molecule has 2 rings (SSSR count). The summed E-state index contributed by atoms with van der Waals surface area (Å²) in [5.74, 6) is -0.736. The summed E-state index contributed by atoms with van der Waals surface area (Å²) in [6.07, 6.45) is 3.58. The van der Waals surface area contributed by atoms with Crippen molar-refractivity contribution in [3.63, 3.8) is 0 Å². The number of carboxylic acid groups (broad SMARTS) is 1. The molecule has 2 unspecified atom stereocenters. The number of carbonyl (C=O) groups is 1. The maximum absolute atomic E-state index is 11.6. The van der Waals surface area contributed by atoms with Crippen LogP contribution < -0.4 is 5.32 Å². The molecular formula is C16H20N2O2. The second kappa shape index (κ2) is 5.54. The van der Waals surface area contributed by atoms with Gasteiger partial charge in [-0.2, -0.15) is 5.26 Å². The molecule has 4 heteroatoms. The van der Waals surface area contributed by atoms with Gasteiger partial charge in [0, 0.05) is 11.7 Å². The van der Waals surface area contributed by atoms with Crippen LogP contribution in [0.25, 0.3) is 0 Å². The van der Waals surface area contributed by atoms with Crippen LogP contribution in [0.2, 0.25) is 0 Å². The molecule has 2 N–H and O–H groups in total. The van der Waals surface area contributed by atoms with E-state index in [1.165, 1.54) is 0 Å². The Bertz CT molecular complexity index is 562. The molecule has 1 fully saturated rings. The molecule has 0 amide bonds. The second-order valence-corrected chi connectivity index (χ2v) is 5.81. The van der Waals surface area contributed by atoms with Gasteiger partial charge in [-0.1, -0.05) is 12.8 Å². The highest BCUT2D eigenvalue weighted by atomic mass is 16.4. The Balaban J connectivity index is 2.21. The predicted molar refractivity (Wildman–Crippen MR) is 77.5 cm³/mol. The molecule has 20 heavy (non-hydrogen) atoms. The molecule has 106 valence electrons. The van der Waals surface area contributed by atoms with Crippen molar-refractivity contribution in [3.05, 3.63) is 29.3 Å². The number of aliphatic carboxylic acids is 1. The molecule has 0 heterocycles. The monoisotopic (exact) mass is 272 g/mol. The van der Waals surface area contributed by atoms with Crippen molar-refractivity contribution >= 4 is 11.7 Å². The largest absolute Gasteiger partial charge is 0.481 e. The average molecular weight is 272 g/mol. The number of hydrogen-bond donors (Lipinski definition) is 2. The van der Waals surface area contributed by atoms with Crippen molar-refractivity contribution in [2.45, 2.75) is 45.6 Å². The Kier molecular flexibility index (Phi) is 3.99. The van der Waals surface area contributed by atoms with Crippen molar-refractivity contribution in [1.29, 1.82) is 5.26 Å². The fourth-order valence-corrected chi connectivity index (χ4v) is 2.90. The SMILES string of the molecule is Cc1cc(NC2CCCCC2(C)C(=O)O)ccc1C#N. The summed E-state index contributed by atoms with van der Waals surface area (Å²) in [7, 11) is 0. The van der Waals surface area contributed by atoms with Crippen molar-refractivity contribution in [3.8, 4) is 6.07 Å². The molecule has 1 saturated carbocycles. The van der Waals surface area contributed by atoms with Crippen molar-refractivity contribution in [2.24, 2.45) is 5.41 Å². The summed E-state index contributed by atoms with van der Waals surface area (Å²) < 4.78 is 0. The van der Waals surface area contributed by atoms with Gasteiger partial charge in [-0.25, -0.2) is 0 Å². The minimum Gasteiger partial charge on any atom is -0.481 e. The van der Waals surface area contributed by atoms with Crippen LogP contribution in [0.3, 0.4) is 0 Å². The van der Waals surface area contributed by atoms with Crippen LogP contribution in [-0.4, -0.2) is 17.1 Å². The first kappa shape index (κ1) is 14.4. The topological polar surface area (TPSA) is 73.1 Å². The Morgan fingerprint density at radius 3 is 2.85 bits per heavy atom. The van der Waals surface area contributed by atoms with Crippen molar-refractivity contribution in [2.75, 3.05) is 5.32 Å². The van der Waals surface area contributed by atoms with Gasteiger partial charge in [0.05, 0.1) is 17.0 Å². The lowest BCUT2D eigenvalue weighted by Gasteiger charge is -2.39. The van der Waals surface area contributed by atoms with E-state index in [4.69, 9.17) is 5.26 Å². The highest BCUT2D eigenvalue weighted by Crippen LogP contribution is 2.38. The molecular weight excluding hydrogens is 252 g/mol. The number of nitrogens with zero attached hydrogens (tertiary/aromatic N) is 1. The van der Waals surface area contributed by atoms with E-state index in [0.717, 1.165) is 30.5 Å². The highest BCUT2D eigenvalue weighted by Gasteiger charge is 2.43. The van der Waals surface area contributed by atoms with E-state index in [1.807, 2.05) is 26.0 Å². The summed E-state index contributed by atoms with van der Waals surface area (Å²) in [5, 5.41) is 21.8. The third-order valence-electron chi connectivity index (χ3n) is 4.38. The Morgan fingerprint density at radius 1 is 1.50 bits per heavy atom. The number of rotatable bonds is 3. The summed E-state index contributed by atoms with van der Waals surface area (Å²) in [6, 6.07) is 7.61. The minimum atomic E-state index is -0.736. The van der Waals surface area contributed by atoms with Gasteiger partial charge in [-0.3, -0.25) is 4.79 Å². The number of hydrogen-bond acceptors (Lipinski definition) is 3. The summed E-state index contributed by atoms with van der Waals surface area (Å²) >= 11 is 0. The first-order valence-corrected chi connectivity index (χ1v) is 6.98. The molecule has 2 atom stereocenters. The molecule has 0 spiro atoms. The lowest BCUT2D eigenvalue weighted by atomic mass is 9.71. The molecule has 1 aromatic carbocycles. The van der Waals surface area contributed by atoms with Gasteiger partial charge in [0.1, 0.15) is 0 Å². The molecule has 0 aliphatic heterocycles. The highest BCUT2D eigenvalue weighted by molar-refractivity contribution is 5.76. The van der Waals surface area contributed by atoms with E-state index < -0.39 is 11.4 Å². The van der Waals surface area contributed by atoms with Crippen LogP contribution in [0.4, 0.5) is 5.69 Å². The van der Waals surface area contributed by atoms with Crippen LogP contribution in [-0.2, 0) is 4.79 Å². The molecule has 4 nitrogen and oxygen atoms in total. The van der Waals surface area contributed by atoms with E-state index >= 15 is 0 Å². The number of anilines is 1. The third kappa shape index (κ3) is 2.62. The molecule has 1 aliphatic rings. The smallest absolute Gasteiger partial charge is 0.311 e. The quantitative estimate of drug-likeness (QED) is 0.885. The van der Waals surface area contributed by atoms with Crippen LogP contribution in [0.5, 0.6) is 0 Å². The van der Waals surface area contributed by atoms with E-state index in [-0.39, 0.29) is 6.04 Å². The van der Waals surface area contributed by atoms with Crippen LogP contribution >= 0.6 is 0 Å². The zero-order chi connectivity index (χ0) is 14.8. The number of nitrogens with one attached hydrogen (secondary N) is 1. The van der Waals surface area contributed by atoms with Gasteiger partial charge in [0.15, 0.2) is 0 Å². The zero-order valence-electron chi connectivity index (χ0n) is 11.9. The van der Waals surface area contributed by atoms with Crippen molar-refractivity contribution in [1.82, 2.24) is 0 Å². The first-order valence-electron chi connectivity index (χ1n) is 6.98. The molecule has 0 saturated heterocycles. The van der Waals surface area contributed by atoms with E-state index in [1.54, 1.807) is 6.07 Å². The Hall–Kier alpha value is -2.02. The van der Waals surface area contributed by atoms with Crippen molar-refractivity contribution < 1.29 is 9.90 Å². The minimum absolute atomic E-state index is 0.0684. The maximum Gasteiger partial charge on any atom is 0.311 e. The van der Waals surface area contributed by atoms with E-state index in [0.29, 0.717) is 12.0 Å². The molecule has 0 bridgehead atoms. The molecule has 0 aromatic heterocycles. The van der Waals surface area contributed by atoms with Gasteiger partial charge >= 0.3 is 5.97 Å². The van der Waals surface area contributed by atoms with E-state index in [2.05, 4.69) is 11.4 Å². The normalized spacial score (nSPS) is 25.8. The fraction of sp³-hybridized carbons (Fsp3) is 0.500. The number of nitriles is 1. The van der Waals surface area contributed by atoms with Gasteiger partial charge in [-0.15, -0.1) is 0 Å². The third-order valence-corrected chi connectivity index (χ3v) is 4.38. The van der Waals surface area contributed by atoms with Gasteiger partial charge in [0.25, 0.3) is 0 Å². The average Bonchev–Trinajstić information content (AvgIpc) is 2.41. The lowest BCUT2D eigenvalue weighted by Crippen LogP contribution is -2.46. The van der Waals surface area contributed by atoms with Crippen LogP contribution in [0.15, 0.2) is 18.2 Å². The summed E-state index contributed by atoms with van der Waals surface area (Å²) in [4.78, 5) is 11.6. The van der Waals surface area contributed by atoms with Gasteiger partial charge < -0.3 is 10.4 Å². The van der Waals surface area contributed by atoms with Crippen LogP contribution in [0, 0.1) is 23.7 Å². The number of benzene rings is 1. The molecule has 0 radical (unpaired) electrons. The number of aryl methyl sites for hydroxylation is 1. The van der Waals surface area contributed by atoms with Gasteiger partial charge in [0.2, 0.25) is 0 Å². The second-order valence-electron chi connectivity index (χ2n) is 5.81. The lowest BCUT2D eigenvalue weighted by molar-refractivity contribution is -0.150. The Morgan fingerprint density at radius 2 is 2.25 bits per heavy atom. The first-order chi connectivity index (χ1) is 9.47. The number of carboxylic acids is 1. The summed E-state index contributed by atoms with van der Waals surface area (Å²) in [5.41, 5.74) is 1.73. The van der Waals surface area contributed by atoms with Gasteiger partial charge in [-0.05, 0) is 50.5 Å². The zero-order valence-corrected chi connectivity index (χ0v) is 11.9. The predicted octanol–water partition coefficient (Wildman–Crippen LogP) is 3.31. The molecule has 1 aromatic rings. The molecule has 1 aliphatic carbocycles. The Labute approximate surface area is 119 Å². The summed E-state index contributed by atoms with van der Waals surface area (Å²) in [6.45, 7) is 3.71. The standard InChI is InChI=1S/C16H20N2O2/c1-11-9-13(7-6-12(11)10-17)18-14-5-3-4-8-16(14,2)15(19)20/h6-7,9,14,18H,3-5,8H2,1-2H3,(H,19,20). The maximum atomic E-state index is 11.6. The van der Waals surface area contributed by atoms with Crippen LogP contribution in [0.1, 0.15) is 43.7 Å². The fourth-order valence-electron chi connectivity index (χ4n) is 2.90. The van der Waals surface area contributed by atoms with E-state index in [9.17, 15) is 9.90 Å².